The van der Waals surface area contributed by atoms with Crippen molar-refractivity contribution in [2.75, 3.05) is 18.8 Å². The van der Waals surface area contributed by atoms with E-state index in [4.69, 9.17) is 0 Å². The Morgan fingerprint density at radius 2 is 1.84 bits per heavy atom. The Kier molecular flexibility index (Phi) is 8.27. The van der Waals surface area contributed by atoms with Gasteiger partial charge in [0.25, 0.3) is 0 Å². The van der Waals surface area contributed by atoms with Crippen molar-refractivity contribution in [1.82, 2.24) is 9.62 Å². The highest BCUT2D eigenvalue weighted by Gasteiger charge is 2.32. The van der Waals surface area contributed by atoms with Crippen molar-refractivity contribution in [1.29, 1.82) is 0 Å². The molecule has 5 nitrogen and oxygen atoms in total. The van der Waals surface area contributed by atoms with Gasteiger partial charge in [-0.15, -0.1) is 0 Å². The second-order valence-electron chi connectivity index (χ2n) is 8.48. The van der Waals surface area contributed by atoms with Crippen LogP contribution in [0.2, 0.25) is 0 Å². The van der Waals surface area contributed by atoms with E-state index in [-0.39, 0.29) is 30.2 Å². The van der Waals surface area contributed by atoms with Crippen molar-refractivity contribution in [2.24, 2.45) is 5.92 Å². The van der Waals surface area contributed by atoms with Crippen LogP contribution in [0.4, 0.5) is 0 Å². The molecule has 0 saturated carbocycles. The maximum atomic E-state index is 12.9. The van der Waals surface area contributed by atoms with Crippen molar-refractivity contribution in [2.45, 2.75) is 52.0 Å². The first-order chi connectivity index (χ1) is 14.9. The minimum Gasteiger partial charge on any atom is -0.349 e. The first kappa shape index (κ1) is 23.5. The van der Waals surface area contributed by atoms with Gasteiger partial charge in [-0.1, -0.05) is 67.1 Å². The number of hydrogen-bond acceptors (Lipinski definition) is 3. The molecule has 3 rings (SSSR count). The molecule has 1 amide bonds. The van der Waals surface area contributed by atoms with Crippen molar-refractivity contribution in [3.8, 4) is 0 Å². The highest BCUT2D eigenvalue weighted by molar-refractivity contribution is 7.89. The highest BCUT2D eigenvalue weighted by atomic mass is 32.2. The zero-order chi connectivity index (χ0) is 22.3. The first-order valence-corrected chi connectivity index (χ1v) is 12.9. The summed E-state index contributed by atoms with van der Waals surface area (Å²) >= 11 is 0. The molecule has 2 aromatic carbocycles. The number of nitrogens with one attached hydrogen (secondary N) is 1. The van der Waals surface area contributed by atoms with Gasteiger partial charge in [0.1, 0.15) is 0 Å². The number of rotatable bonds is 9. The lowest BCUT2D eigenvalue weighted by atomic mass is 9.97. The Morgan fingerprint density at radius 3 is 2.52 bits per heavy atom. The van der Waals surface area contributed by atoms with Crippen LogP contribution in [0.1, 0.15) is 55.3 Å². The summed E-state index contributed by atoms with van der Waals surface area (Å²) in [6.45, 7) is 4.88. The average Bonchev–Trinajstić information content (AvgIpc) is 2.78. The monoisotopic (exact) mass is 442 g/mol. The van der Waals surface area contributed by atoms with Crippen LogP contribution in [0.25, 0.3) is 0 Å². The summed E-state index contributed by atoms with van der Waals surface area (Å²) < 4.78 is 27.3. The summed E-state index contributed by atoms with van der Waals surface area (Å²) in [5.41, 5.74) is 3.42. The van der Waals surface area contributed by atoms with Gasteiger partial charge in [0.15, 0.2) is 0 Å². The van der Waals surface area contributed by atoms with Crippen LogP contribution in [0.15, 0.2) is 54.6 Å². The average molecular weight is 443 g/mol. The van der Waals surface area contributed by atoms with Crippen LogP contribution in [0.5, 0.6) is 0 Å². The van der Waals surface area contributed by atoms with Gasteiger partial charge in [-0.25, -0.2) is 12.7 Å². The Bertz CT molecular complexity index is 942. The number of carbonyl (C=O) groups is 1. The minimum atomic E-state index is -3.36. The number of nitrogens with zero attached hydrogens (tertiary/aromatic N) is 1. The van der Waals surface area contributed by atoms with Crippen LogP contribution in [-0.2, 0) is 21.2 Å². The number of hydrogen-bond donors (Lipinski definition) is 1. The summed E-state index contributed by atoms with van der Waals surface area (Å²) in [7, 11) is -3.36. The first-order valence-electron chi connectivity index (χ1n) is 11.3. The van der Waals surface area contributed by atoms with Gasteiger partial charge in [0.2, 0.25) is 15.9 Å². The van der Waals surface area contributed by atoms with E-state index < -0.39 is 10.0 Å². The number of sulfonamides is 1. The minimum absolute atomic E-state index is 0.0448. The Labute approximate surface area is 186 Å². The Hall–Kier alpha value is -2.18. The summed E-state index contributed by atoms with van der Waals surface area (Å²) in [5, 5.41) is 3.15. The number of benzene rings is 2. The molecule has 168 valence electrons. The van der Waals surface area contributed by atoms with Gasteiger partial charge < -0.3 is 5.32 Å². The Morgan fingerprint density at radius 1 is 1.13 bits per heavy atom. The highest BCUT2D eigenvalue weighted by Crippen LogP contribution is 2.23. The van der Waals surface area contributed by atoms with Crippen LogP contribution >= 0.6 is 0 Å². The van der Waals surface area contributed by atoms with Crippen LogP contribution in [0.3, 0.4) is 0 Å². The quantitative estimate of drug-likeness (QED) is 0.632. The standard InChI is InChI=1S/C25H34N2O3S/c1-3-24(22-15-13-20(2)14-16-22)26-25(28)23-12-7-17-27(19-23)31(29,30)18-8-11-21-9-5-4-6-10-21/h4-6,9-10,13-16,23-24H,3,7-8,11-12,17-19H2,1-2H3,(H,26,28)/t23-,24+/m0/s1. The lowest BCUT2D eigenvalue weighted by molar-refractivity contribution is -0.126. The SMILES string of the molecule is CC[C@@H](NC(=O)[C@H]1CCCN(S(=O)(=O)CCCc2ccccc2)C1)c1ccc(C)cc1. The molecule has 6 heteroatoms. The van der Waals surface area contributed by atoms with Gasteiger partial charge in [-0.2, -0.15) is 0 Å². The normalized spacial score (nSPS) is 18.5. The summed E-state index contributed by atoms with van der Waals surface area (Å²) in [6, 6.07) is 18.1. The maximum absolute atomic E-state index is 12.9. The third-order valence-corrected chi connectivity index (χ3v) is 7.99. The third-order valence-electron chi connectivity index (χ3n) is 6.06. The molecule has 0 unspecified atom stereocenters. The molecule has 1 fully saturated rings. The molecule has 0 radical (unpaired) electrons. The van der Waals surface area contributed by atoms with Crippen LogP contribution in [0, 0.1) is 12.8 Å². The van der Waals surface area contributed by atoms with Gasteiger partial charge in [-0.05, 0) is 50.2 Å². The molecule has 2 aromatic rings. The largest absolute Gasteiger partial charge is 0.349 e. The van der Waals surface area contributed by atoms with Gasteiger partial charge in [0.05, 0.1) is 17.7 Å². The van der Waals surface area contributed by atoms with Crippen molar-refractivity contribution in [3.05, 3.63) is 71.3 Å². The summed E-state index contributed by atoms with van der Waals surface area (Å²) in [4.78, 5) is 12.9. The van der Waals surface area contributed by atoms with Gasteiger partial charge in [-0.3, -0.25) is 4.79 Å². The predicted octanol–water partition coefficient (Wildman–Crippen LogP) is 4.24. The van der Waals surface area contributed by atoms with E-state index in [1.807, 2.05) is 49.4 Å². The zero-order valence-electron chi connectivity index (χ0n) is 18.6. The smallest absolute Gasteiger partial charge is 0.224 e. The van der Waals surface area contributed by atoms with Crippen LogP contribution in [-0.4, -0.2) is 37.5 Å². The molecule has 0 aliphatic carbocycles. The Balaban J connectivity index is 1.55. The summed E-state index contributed by atoms with van der Waals surface area (Å²) in [6.07, 6.45) is 3.57. The molecule has 0 aromatic heterocycles. The van der Waals surface area contributed by atoms with Gasteiger partial charge >= 0.3 is 0 Å². The molecule has 31 heavy (non-hydrogen) atoms. The maximum Gasteiger partial charge on any atom is 0.224 e. The number of aryl methyl sites for hydroxylation is 2. The second-order valence-corrected chi connectivity index (χ2v) is 10.6. The van der Waals surface area contributed by atoms with Crippen molar-refractivity contribution >= 4 is 15.9 Å². The number of amides is 1. The van der Waals surface area contributed by atoms with E-state index in [0.717, 1.165) is 36.8 Å². The number of carbonyl (C=O) groups excluding carboxylic acids is 1. The van der Waals surface area contributed by atoms with E-state index in [0.29, 0.717) is 13.0 Å². The molecule has 0 bridgehead atoms. The molecule has 1 N–H and O–H groups in total. The summed E-state index contributed by atoms with van der Waals surface area (Å²) in [5.74, 6) is -0.217. The molecule has 0 spiro atoms. The third kappa shape index (κ3) is 6.65. The zero-order valence-corrected chi connectivity index (χ0v) is 19.4. The predicted molar refractivity (Wildman–Crippen MR) is 125 cm³/mol. The fraction of sp³-hybridized carbons (Fsp3) is 0.480. The molecule has 2 atom stereocenters. The molecule has 1 aliphatic rings. The lowest BCUT2D eigenvalue weighted by Crippen LogP contribution is -2.46. The fourth-order valence-electron chi connectivity index (χ4n) is 4.15. The van der Waals surface area contributed by atoms with E-state index in [1.165, 1.54) is 9.87 Å². The van der Waals surface area contributed by atoms with Crippen molar-refractivity contribution in [3.63, 3.8) is 0 Å². The van der Waals surface area contributed by atoms with E-state index in [9.17, 15) is 13.2 Å². The molecule has 1 saturated heterocycles. The van der Waals surface area contributed by atoms with E-state index in [2.05, 4.69) is 24.4 Å². The number of piperidine rings is 1. The molecule has 1 aliphatic heterocycles. The molecule has 1 heterocycles. The molecular weight excluding hydrogens is 408 g/mol. The van der Waals surface area contributed by atoms with Crippen LogP contribution < -0.4 is 5.32 Å². The lowest BCUT2D eigenvalue weighted by Gasteiger charge is -2.32. The van der Waals surface area contributed by atoms with E-state index in [1.54, 1.807) is 0 Å². The van der Waals surface area contributed by atoms with Gasteiger partial charge in [0, 0.05) is 13.1 Å². The topological polar surface area (TPSA) is 66.5 Å². The van der Waals surface area contributed by atoms with E-state index >= 15 is 0 Å². The fourth-order valence-corrected chi connectivity index (χ4v) is 5.73. The molecular formula is C25H34N2O3S. The van der Waals surface area contributed by atoms with Crippen molar-refractivity contribution < 1.29 is 13.2 Å². The second kappa shape index (κ2) is 10.9.